The number of rotatable bonds is 7. The minimum atomic E-state index is -1.34. The van der Waals surface area contributed by atoms with Crippen molar-refractivity contribution in [3.8, 4) is 5.75 Å². The molecule has 0 amide bonds. The van der Waals surface area contributed by atoms with E-state index in [-0.39, 0.29) is 11.6 Å². The van der Waals surface area contributed by atoms with Gasteiger partial charge in [-0.1, -0.05) is 30.3 Å². The Balaban J connectivity index is 1.90. The summed E-state index contributed by atoms with van der Waals surface area (Å²) in [5.41, 5.74) is -0.161. The van der Waals surface area contributed by atoms with E-state index >= 15 is 0 Å². The van der Waals surface area contributed by atoms with Gasteiger partial charge in [0.05, 0.1) is 11.0 Å². The molecule has 2 aromatic rings. The third-order valence-corrected chi connectivity index (χ3v) is 5.28. The molecule has 1 heterocycles. The first-order valence-corrected chi connectivity index (χ1v) is 9.64. The lowest BCUT2D eigenvalue weighted by Crippen LogP contribution is -2.62. The Labute approximate surface area is 179 Å². The molecule has 0 radical (unpaired) electrons. The highest BCUT2D eigenvalue weighted by Gasteiger charge is 2.52. The number of methoxy groups -OCH3 is 2. The van der Waals surface area contributed by atoms with Crippen molar-refractivity contribution in [2.75, 3.05) is 14.2 Å². The summed E-state index contributed by atoms with van der Waals surface area (Å²) < 4.78 is 16.7. The average molecular weight is 430 g/mol. The minimum Gasteiger partial charge on any atom is -0.479 e. The summed E-state index contributed by atoms with van der Waals surface area (Å²) in [6.07, 6.45) is -2.19. The van der Waals surface area contributed by atoms with E-state index in [4.69, 9.17) is 19.6 Å². The molecule has 3 rings (SSSR count). The monoisotopic (exact) mass is 430 g/mol. The summed E-state index contributed by atoms with van der Waals surface area (Å²) in [4.78, 5) is 10.7. The number of nitrogens with one attached hydrogen (secondary N) is 3. The molecule has 31 heavy (non-hydrogen) atoms. The van der Waals surface area contributed by atoms with Crippen LogP contribution >= 0.6 is 0 Å². The first kappa shape index (κ1) is 22.5. The van der Waals surface area contributed by atoms with Crippen LogP contribution in [0.1, 0.15) is 24.1 Å². The molecular formula is C21H26N4O6. The van der Waals surface area contributed by atoms with Gasteiger partial charge in [0.25, 0.3) is 5.69 Å². The molecule has 0 saturated carbocycles. The molecule has 10 nitrogen and oxygen atoms in total. The second-order valence-corrected chi connectivity index (χ2v) is 7.35. The van der Waals surface area contributed by atoms with Crippen LogP contribution in [0.25, 0.3) is 0 Å². The largest absolute Gasteiger partial charge is 0.479 e. The van der Waals surface area contributed by atoms with Gasteiger partial charge >= 0.3 is 0 Å². The van der Waals surface area contributed by atoms with Gasteiger partial charge in [0.1, 0.15) is 11.9 Å². The van der Waals surface area contributed by atoms with Crippen LogP contribution in [0.4, 0.5) is 5.69 Å². The predicted octanol–water partition coefficient (Wildman–Crippen LogP) is 2.08. The van der Waals surface area contributed by atoms with Crippen molar-refractivity contribution >= 4 is 11.6 Å². The second kappa shape index (κ2) is 9.29. The Kier molecular flexibility index (Phi) is 6.74. The number of aliphatic hydroxyl groups excluding tert-OH is 1. The first-order chi connectivity index (χ1) is 14.8. The van der Waals surface area contributed by atoms with E-state index in [1.807, 2.05) is 30.3 Å². The van der Waals surface area contributed by atoms with Gasteiger partial charge in [-0.05, 0) is 18.6 Å². The topological polar surface area (TPSA) is 139 Å². The summed E-state index contributed by atoms with van der Waals surface area (Å²) in [5, 5.41) is 36.6. The number of ether oxygens (including phenoxy) is 3. The maximum atomic E-state index is 11.3. The highest BCUT2D eigenvalue weighted by atomic mass is 16.7. The minimum absolute atomic E-state index is 0.0546. The molecule has 3 unspecified atom stereocenters. The van der Waals surface area contributed by atoms with Crippen LogP contribution in [0, 0.1) is 15.5 Å². The van der Waals surface area contributed by atoms with Gasteiger partial charge in [-0.15, -0.1) is 0 Å². The molecule has 0 spiro atoms. The Bertz CT molecular complexity index is 937. The standard InChI is InChI=1S/C21H26N4O6/c1-21(19(29-2)30-3)18(26)17(15-11-14(25(27)28)9-10-16(15)31-21)24-20(22)23-12-13-7-5-4-6-8-13/h4-11,17-19,26H,12H2,1-3H3,(H3,22,23,24). The van der Waals surface area contributed by atoms with Crippen LogP contribution < -0.4 is 15.4 Å². The van der Waals surface area contributed by atoms with Crippen LogP contribution in [0.15, 0.2) is 48.5 Å². The number of guanidine groups is 1. The summed E-state index contributed by atoms with van der Waals surface area (Å²) in [6, 6.07) is 12.8. The quantitative estimate of drug-likeness (QED) is 0.172. The fourth-order valence-electron chi connectivity index (χ4n) is 3.69. The van der Waals surface area contributed by atoms with E-state index in [9.17, 15) is 15.2 Å². The number of non-ortho nitro benzene ring substituents is 1. The Morgan fingerprint density at radius 3 is 2.58 bits per heavy atom. The molecule has 1 aliphatic heterocycles. The van der Waals surface area contributed by atoms with E-state index < -0.39 is 29.0 Å². The maximum Gasteiger partial charge on any atom is 0.270 e. The lowest BCUT2D eigenvalue weighted by atomic mass is 9.84. The summed E-state index contributed by atoms with van der Waals surface area (Å²) in [7, 11) is 2.85. The number of fused-ring (bicyclic) bond motifs is 1. The number of nitro benzene ring substituents is 1. The maximum absolute atomic E-state index is 11.3. The highest BCUT2D eigenvalue weighted by Crippen LogP contribution is 2.43. The van der Waals surface area contributed by atoms with Gasteiger partial charge in [0.2, 0.25) is 0 Å². The van der Waals surface area contributed by atoms with E-state index in [0.717, 1.165) is 5.56 Å². The third kappa shape index (κ3) is 4.61. The second-order valence-electron chi connectivity index (χ2n) is 7.35. The molecule has 0 aromatic heterocycles. The number of hydrogen-bond donors (Lipinski definition) is 4. The number of nitrogens with zero attached hydrogens (tertiary/aromatic N) is 1. The van der Waals surface area contributed by atoms with Crippen molar-refractivity contribution in [3.63, 3.8) is 0 Å². The van der Waals surface area contributed by atoms with Gasteiger partial charge in [-0.25, -0.2) is 0 Å². The van der Waals surface area contributed by atoms with Crippen molar-refractivity contribution in [3.05, 3.63) is 69.8 Å². The molecule has 3 atom stereocenters. The predicted molar refractivity (Wildman–Crippen MR) is 113 cm³/mol. The number of nitro groups is 1. The smallest absolute Gasteiger partial charge is 0.270 e. The van der Waals surface area contributed by atoms with Gasteiger partial charge in [-0.2, -0.15) is 0 Å². The molecule has 0 aliphatic carbocycles. The molecule has 4 N–H and O–H groups in total. The summed E-state index contributed by atoms with van der Waals surface area (Å²) in [5.74, 6) is 0.270. The molecule has 0 bridgehead atoms. The van der Waals surface area contributed by atoms with Crippen LogP contribution in [0.5, 0.6) is 5.75 Å². The zero-order valence-electron chi connectivity index (χ0n) is 17.5. The van der Waals surface area contributed by atoms with Crippen molar-refractivity contribution < 1.29 is 24.2 Å². The Morgan fingerprint density at radius 1 is 1.29 bits per heavy atom. The highest BCUT2D eigenvalue weighted by molar-refractivity contribution is 5.77. The van der Waals surface area contributed by atoms with Crippen molar-refractivity contribution in [1.82, 2.24) is 10.6 Å². The first-order valence-electron chi connectivity index (χ1n) is 9.64. The molecule has 10 heteroatoms. The van der Waals surface area contributed by atoms with Gasteiger partial charge in [-0.3, -0.25) is 15.5 Å². The Morgan fingerprint density at radius 2 is 1.97 bits per heavy atom. The number of benzene rings is 2. The molecule has 0 fully saturated rings. The molecule has 0 saturated heterocycles. The van der Waals surface area contributed by atoms with Crippen LogP contribution in [-0.2, 0) is 16.0 Å². The van der Waals surface area contributed by atoms with E-state index in [1.165, 1.54) is 32.4 Å². The van der Waals surface area contributed by atoms with Gasteiger partial charge in [0.15, 0.2) is 17.9 Å². The number of aliphatic hydroxyl groups is 1. The fourth-order valence-corrected chi connectivity index (χ4v) is 3.69. The van der Waals surface area contributed by atoms with Gasteiger partial charge < -0.3 is 30.0 Å². The SMILES string of the molecule is COC(OC)C1(C)Oc2ccc([N+](=O)[O-])cc2C(NC(=N)NCc2ccccc2)C1O. The van der Waals surface area contributed by atoms with Gasteiger partial charge in [0, 0.05) is 38.5 Å². The average Bonchev–Trinajstić information content (AvgIpc) is 2.76. The van der Waals surface area contributed by atoms with E-state index in [0.29, 0.717) is 17.9 Å². The normalized spacial score (nSPS) is 22.4. The van der Waals surface area contributed by atoms with E-state index in [2.05, 4.69) is 10.6 Å². The fraction of sp³-hybridized carbons (Fsp3) is 0.381. The van der Waals surface area contributed by atoms with Crippen LogP contribution in [0.2, 0.25) is 0 Å². The van der Waals surface area contributed by atoms with Crippen LogP contribution in [0.3, 0.4) is 0 Å². The zero-order valence-corrected chi connectivity index (χ0v) is 17.5. The lowest BCUT2D eigenvalue weighted by Gasteiger charge is -2.46. The molecule has 2 aromatic carbocycles. The van der Waals surface area contributed by atoms with Crippen molar-refractivity contribution in [1.29, 1.82) is 5.41 Å². The molecular weight excluding hydrogens is 404 g/mol. The Hall–Kier alpha value is -3.21. The molecule has 1 aliphatic rings. The lowest BCUT2D eigenvalue weighted by molar-refractivity contribution is -0.385. The third-order valence-electron chi connectivity index (χ3n) is 5.28. The summed E-state index contributed by atoms with van der Waals surface area (Å²) >= 11 is 0. The van der Waals surface area contributed by atoms with E-state index in [1.54, 1.807) is 6.92 Å². The zero-order chi connectivity index (χ0) is 22.6. The summed E-state index contributed by atoms with van der Waals surface area (Å²) in [6.45, 7) is 2.01. The van der Waals surface area contributed by atoms with Crippen LogP contribution in [-0.4, -0.2) is 48.2 Å². The number of hydrogen-bond acceptors (Lipinski definition) is 7. The van der Waals surface area contributed by atoms with Crippen molar-refractivity contribution in [2.24, 2.45) is 0 Å². The van der Waals surface area contributed by atoms with Crippen molar-refractivity contribution in [2.45, 2.75) is 37.5 Å². The molecule has 166 valence electrons.